The second kappa shape index (κ2) is 6.37. The molecule has 0 saturated carbocycles. The monoisotopic (exact) mass is 383 g/mol. The summed E-state index contributed by atoms with van der Waals surface area (Å²) in [5, 5.41) is 0. The van der Waals surface area contributed by atoms with Crippen LogP contribution in [0.4, 0.5) is 5.69 Å². The van der Waals surface area contributed by atoms with Gasteiger partial charge in [-0.2, -0.15) is 0 Å². The summed E-state index contributed by atoms with van der Waals surface area (Å²) in [6, 6.07) is 19.3. The summed E-state index contributed by atoms with van der Waals surface area (Å²) >= 11 is 1.03. The quantitative estimate of drug-likeness (QED) is 0.682. The largest absolute Gasteiger partial charge is 0.304 e. The number of carbonyl (C=O) groups excluding carboxylic acids is 1. The van der Waals surface area contributed by atoms with Gasteiger partial charge in [-0.25, -0.2) is 8.42 Å². The Kier molecular flexibility index (Phi) is 4.17. The van der Waals surface area contributed by atoms with E-state index < -0.39 is 9.84 Å². The molecule has 3 aromatic rings. The molecule has 1 amide bonds. The highest BCUT2D eigenvalue weighted by molar-refractivity contribution is 7.93. The fourth-order valence-electron chi connectivity index (χ4n) is 3.29. The molecule has 4 nitrogen and oxygen atoms in total. The molecule has 2 heterocycles. The van der Waals surface area contributed by atoms with Crippen molar-refractivity contribution in [3.63, 3.8) is 0 Å². The number of hydrogen-bond donors (Lipinski definition) is 0. The van der Waals surface area contributed by atoms with Gasteiger partial charge < -0.3 is 4.90 Å². The van der Waals surface area contributed by atoms with E-state index in [0.717, 1.165) is 29.0 Å². The predicted octanol–water partition coefficient (Wildman–Crippen LogP) is 4.17. The predicted molar refractivity (Wildman–Crippen MR) is 103 cm³/mol. The molecular formula is C20H17NO3S2. The van der Waals surface area contributed by atoms with Crippen LogP contribution in [0.15, 0.2) is 75.8 Å². The third-order valence-corrected chi connectivity index (χ3v) is 7.87. The third kappa shape index (κ3) is 2.75. The number of benzene rings is 2. The van der Waals surface area contributed by atoms with Crippen molar-refractivity contribution in [2.75, 3.05) is 4.90 Å². The molecule has 0 saturated heterocycles. The van der Waals surface area contributed by atoms with Crippen LogP contribution in [0.5, 0.6) is 0 Å². The van der Waals surface area contributed by atoms with E-state index in [1.165, 1.54) is 6.07 Å². The zero-order valence-corrected chi connectivity index (χ0v) is 15.8. The lowest BCUT2D eigenvalue weighted by Crippen LogP contribution is -2.35. The van der Waals surface area contributed by atoms with Crippen molar-refractivity contribution in [2.45, 2.75) is 28.5 Å². The van der Waals surface area contributed by atoms with E-state index in [-0.39, 0.29) is 21.1 Å². The van der Waals surface area contributed by atoms with Gasteiger partial charge in [-0.15, -0.1) is 11.3 Å². The molecule has 0 aliphatic carbocycles. The first-order chi connectivity index (χ1) is 12.5. The summed E-state index contributed by atoms with van der Waals surface area (Å²) in [5.41, 5.74) is 2.05. The van der Waals surface area contributed by atoms with Crippen molar-refractivity contribution in [3.8, 4) is 0 Å². The second-order valence-corrected chi connectivity index (χ2v) is 9.55. The Morgan fingerprint density at radius 1 is 1.00 bits per heavy atom. The van der Waals surface area contributed by atoms with Crippen LogP contribution in [0.25, 0.3) is 0 Å². The number of fused-ring (bicyclic) bond motifs is 1. The minimum atomic E-state index is -3.60. The van der Waals surface area contributed by atoms with Gasteiger partial charge in [0.25, 0.3) is 5.91 Å². The Morgan fingerprint density at radius 3 is 2.46 bits per heavy atom. The average Bonchev–Trinajstić information content (AvgIpc) is 3.26. The van der Waals surface area contributed by atoms with E-state index in [1.807, 2.05) is 31.2 Å². The maximum atomic E-state index is 13.0. The zero-order valence-electron chi connectivity index (χ0n) is 14.1. The lowest BCUT2D eigenvalue weighted by molar-refractivity contribution is 0.0985. The Bertz CT molecular complexity index is 1070. The Balaban J connectivity index is 1.68. The summed E-state index contributed by atoms with van der Waals surface area (Å²) in [6.07, 6.45) is 0.808. The van der Waals surface area contributed by atoms with Gasteiger partial charge in [-0.05, 0) is 49.2 Å². The van der Waals surface area contributed by atoms with E-state index in [2.05, 4.69) is 0 Å². The molecule has 1 aliphatic rings. The van der Waals surface area contributed by atoms with Crippen molar-refractivity contribution >= 4 is 32.8 Å². The van der Waals surface area contributed by atoms with Crippen LogP contribution in [0.1, 0.15) is 22.2 Å². The molecule has 2 aromatic carbocycles. The van der Waals surface area contributed by atoms with Gasteiger partial charge in [0.2, 0.25) is 9.84 Å². The van der Waals surface area contributed by atoms with Crippen molar-refractivity contribution in [3.05, 3.63) is 77.2 Å². The van der Waals surface area contributed by atoms with Crippen LogP contribution in [-0.4, -0.2) is 20.4 Å². The first kappa shape index (κ1) is 17.0. The molecule has 132 valence electrons. The van der Waals surface area contributed by atoms with Crippen molar-refractivity contribution in [1.82, 2.24) is 0 Å². The molecule has 1 aromatic heterocycles. The molecular weight excluding hydrogens is 366 g/mol. The van der Waals surface area contributed by atoms with Crippen LogP contribution < -0.4 is 4.90 Å². The van der Waals surface area contributed by atoms with Crippen molar-refractivity contribution < 1.29 is 13.2 Å². The first-order valence-electron chi connectivity index (χ1n) is 8.30. The summed E-state index contributed by atoms with van der Waals surface area (Å²) in [5.74, 6) is -0.151. The highest BCUT2D eigenvalue weighted by atomic mass is 32.2. The number of sulfone groups is 1. The number of carbonyl (C=O) groups is 1. The lowest BCUT2D eigenvalue weighted by atomic mass is 10.1. The molecule has 0 spiro atoms. The number of anilines is 1. The van der Waals surface area contributed by atoms with Crippen LogP contribution in [0.3, 0.4) is 0 Å². The molecule has 0 unspecified atom stereocenters. The molecule has 0 radical (unpaired) electrons. The van der Waals surface area contributed by atoms with Gasteiger partial charge in [0.05, 0.1) is 9.77 Å². The highest BCUT2D eigenvalue weighted by Gasteiger charge is 2.32. The molecule has 0 N–H and O–H groups in total. The van der Waals surface area contributed by atoms with Gasteiger partial charge in [0.15, 0.2) is 0 Å². The van der Waals surface area contributed by atoms with Gasteiger partial charge in [0, 0.05) is 11.7 Å². The Labute approximate surface area is 156 Å². The summed E-state index contributed by atoms with van der Waals surface area (Å²) in [6.45, 7) is 2.01. The summed E-state index contributed by atoms with van der Waals surface area (Å²) < 4.78 is 25.7. The van der Waals surface area contributed by atoms with Crippen molar-refractivity contribution in [1.29, 1.82) is 0 Å². The second-order valence-electron chi connectivity index (χ2n) is 6.29. The molecule has 26 heavy (non-hydrogen) atoms. The maximum absolute atomic E-state index is 13.0. The van der Waals surface area contributed by atoms with Gasteiger partial charge >= 0.3 is 0 Å². The third-order valence-electron chi connectivity index (χ3n) is 4.54. The highest BCUT2D eigenvalue weighted by Crippen LogP contribution is 2.35. The minimum absolute atomic E-state index is 0.0520. The average molecular weight is 383 g/mol. The fourth-order valence-corrected chi connectivity index (χ4v) is 5.96. The van der Waals surface area contributed by atoms with Gasteiger partial charge in [0.1, 0.15) is 4.21 Å². The molecule has 4 rings (SSSR count). The Morgan fingerprint density at radius 2 is 1.69 bits per heavy atom. The Hall–Kier alpha value is -2.44. The van der Waals surface area contributed by atoms with E-state index in [4.69, 9.17) is 0 Å². The first-order valence-corrected chi connectivity index (χ1v) is 10.6. The number of hydrogen-bond acceptors (Lipinski definition) is 4. The van der Waals surface area contributed by atoms with Gasteiger partial charge in [-0.3, -0.25) is 4.79 Å². The van der Waals surface area contributed by atoms with Crippen LogP contribution in [0.2, 0.25) is 0 Å². The molecule has 0 fully saturated rings. The summed E-state index contributed by atoms with van der Waals surface area (Å²) in [7, 11) is -3.60. The number of rotatable bonds is 3. The fraction of sp³-hybridized carbons (Fsp3) is 0.150. The molecule has 6 heteroatoms. The molecule has 1 aliphatic heterocycles. The smallest absolute Gasteiger partial charge is 0.268 e. The summed E-state index contributed by atoms with van der Waals surface area (Å²) in [4.78, 5) is 15.5. The number of para-hydroxylation sites is 1. The lowest BCUT2D eigenvalue weighted by Gasteiger charge is -2.21. The standard InChI is InChI=1S/C20H17NO3S2/c1-14-13-15-7-5-6-10-17(15)21(14)20(22)18-11-12-19(25-18)26(23,24)16-8-3-2-4-9-16/h2-12,14H,13H2,1H3/t14-/m1/s1. The van der Waals surface area contributed by atoms with Crippen LogP contribution >= 0.6 is 11.3 Å². The van der Waals surface area contributed by atoms with E-state index in [0.29, 0.717) is 4.88 Å². The molecule has 0 bridgehead atoms. The van der Waals surface area contributed by atoms with E-state index in [9.17, 15) is 13.2 Å². The minimum Gasteiger partial charge on any atom is -0.304 e. The van der Waals surface area contributed by atoms with Crippen LogP contribution in [-0.2, 0) is 16.3 Å². The van der Waals surface area contributed by atoms with E-state index in [1.54, 1.807) is 41.3 Å². The van der Waals surface area contributed by atoms with Gasteiger partial charge in [-0.1, -0.05) is 36.4 Å². The number of amides is 1. The van der Waals surface area contributed by atoms with Crippen molar-refractivity contribution in [2.24, 2.45) is 0 Å². The number of thiophene rings is 1. The molecule has 1 atom stereocenters. The number of nitrogens with zero attached hydrogens (tertiary/aromatic N) is 1. The zero-order chi connectivity index (χ0) is 18.3. The van der Waals surface area contributed by atoms with E-state index >= 15 is 0 Å². The topological polar surface area (TPSA) is 54.5 Å². The van der Waals surface area contributed by atoms with Crippen LogP contribution in [0, 0.1) is 0 Å². The normalized spacial score (nSPS) is 16.5. The maximum Gasteiger partial charge on any atom is 0.268 e. The SMILES string of the molecule is C[C@@H]1Cc2ccccc2N1C(=O)c1ccc(S(=O)(=O)c2ccccc2)s1.